The van der Waals surface area contributed by atoms with E-state index >= 15 is 0 Å². The van der Waals surface area contributed by atoms with Crippen LogP contribution in [-0.2, 0) is 29.0 Å². The summed E-state index contributed by atoms with van der Waals surface area (Å²) in [6.45, 7) is -0.247. The number of ether oxygens (including phenoxy) is 1. The van der Waals surface area contributed by atoms with Gasteiger partial charge >= 0.3 is 5.97 Å². The third kappa shape index (κ3) is 4.37. The fourth-order valence-corrected chi connectivity index (χ4v) is 5.39. The van der Waals surface area contributed by atoms with Crippen molar-refractivity contribution in [1.82, 2.24) is 14.8 Å². The van der Waals surface area contributed by atoms with E-state index in [1.54, 1.807) is 12.3 Å². The number of rotatable bonds is 7. The zero-order valence-electron chi connectivity index (χ0n) is 16.2. The molecule has 0 aromatic carbocycles. The molecule has 2 aromatic heterocycles. The van der Waals surface area contributed by atoms with E-state index in [1.165, 1.54) is 15.2 Å². The number of carboxylic acid groups (broad SMARTS) is 1. The van der Waals surface area contributed by atoms with Crippen LogP contribution in [0.5, 0.6) is 5.88 Å². The summed E-state index contributed by atoms with van der Waals surface area (Å²) in [6, 6.07) is 1.23. The Morgan fingerprint density at radius 1 is 1.33 bits per heavy atom. The largest absolute Gasteiger partial charge is 0.755 e. The number of fused-ring (bicyclic) bond motifs is 1. The van der Waals surface area contributed by atoms with Gasteiger partial charge in [0.15, 0.2) is 0 Å². The maximum Gasteiger partial charge on any atom is 0.325 e. The van der Waals surface area contributed by atoms with E-state index < -0.39 is 23.3 Å². The number of hydrogen-bond donors (Lipinski definition) is 1. The number of halogens is 1. The summed E-state index contributed by atoms with van der Waals surface area (Å²) in [5, 5.41) is 13.3. The first-order valence-electron chi connectivity index (χ1n) is 9.91. The summed E-state index contributed by atoms with van der Waals surface area (Å²) < 4.78 is 33.7. The molecule has 0 spiro atoms. The van der Waals surface area contributed by atoms with Gasteiger partial charge < -0.3 is 14.4 Å². The van der Waals surface area contributed by atoms with Crippen LogP contribution in [0.1, 0.15) is 55.8 Å². The normalized spacial score (nSPS) is 20.0. The molecule has 11 heteroatoms. The van der Waals surface area contributed by atoms with Gasteiger partial charge in [0.2, 0.25) is 5.88 Å². The van der Waals surface area contributed by atoms with Gasteiger partial charge in [-0.3, -0.25) is 18.0 Å². The van der Waals surface area contributed by atoms with Crippen molar-refractivity contribution in [1.29, 1.82) is 0 Å². The number of aliphatic carboxylic acids is 1. The fraction of sp³-hybridized carbons (Fsp3) is 0.526. The topological polar surface area (TPSA) is 121 Å². The molecular weight excluding hydrogens is 476 g/mol. The number of nitrogens with zero attached hydrogens (tertiary/aromatic N) is 4. The van der Waals surface area contributed by atoms with Gasteiger partial charge in [-0.1, -0.05) is 0 Å². The van der Waals surface area contributed by atoms with Crippen LogP contribution >= 0.6 is 15.9 Å². The summed E-state index contributed by atoms with van der Waals surface area (Å²) in [6.07, 6.45) is 9.50. The van der Waals surface area contributed by atoms with Crippen molar-refractivity contribution < 1.29 is 23.4 Å². The summed E-state index contributed by atoms with van der Waals surface area (Å²) in [5.41, 5.74) is 1.91. The Hall–Kier alpha value is -1.98. The van der Waals surface area contributed by atoms with Crippen molar-refractivity contribution in [3.05, 3.63) is 34.2 Å². The molecule has 4 rings (SSSR count). The first-order chi connectivity index (χ1) is 14.4. The lowest BCUT2D eigenvalue weighted by Gasteiger charge is -2.36. The molecule has 30 heavy (non-hydrogen) atoms. The Morgan fingerprint density at radius 3 is 2.77 bits per heavy atom. The molecular formula is C19H22BrN4O5S-. The molecule has 2 heterocycles. The van der Waals surface area contributed by atoms with Crippen LogP contribution in [-0.4, -0.2) is 40.7 Å². The van der Waals surface area contributed by atoms with Gasteiger partial charge in [0.25, 0.3) is 0 Å². The first kappa shape index (κ1) is 21.3. The predicted molar refractivity (Wildman–Crippen MR) is 112 cm³/mol. The number of hydrogen-bond acceptors (Lipinski definition) is 6. The Labute approximate surface area is 185 Å². The standard InChI is InChI=1S/C19H23BrN4O5S/c20-15-8-12(9-21-19(15)29-13-4-1-2-5-13)24(30(27)28)17-7-3-6-16-14(17)10-22-23(16)11-18(25)26/h8-10,13,17H,1-7,11H2,(H,25,26)(H,27,28)/p-1. The number of anilines is 1. The van der Waals surface area contributed by atoms with Crippen molar-refractivity contribution in [3.8, 4) is 5.88 Å². The maximum absolute atomic E-state index is 12.2. The molecule has 162 valence electrons. The van der Waals surface area contributed by atoms with Gasteiger partial charge in [-0.15, -0.1) is 0 Å². The van der Waals surface area contributed by atoms with Crippen LogP contribution < -0.4 is 9.04 Å². The predicted octanol–water partition coefficient (Wildman–Crippen LogP) is 3.12. The Morgan fingerprint density at radius 2 is 2.10 bits per heavy atom. The highest BCUT2D eigenvalue weighted by Gasteiger charge is 2.31. The number of carboxylic acids is 1. The van der Waals surface area contributed by atoms with Crippen LogP contribution in [0, 0.1) is 0 Å². The van der Waals surface area contributed by atoms with E-state index in [0.717, 1.165) is 43.4 Å². The molecule has 2 aromatic rings. The van der Waals surface area contributed by atoms with Gasteiger partial charge in [0, 0.05) is 22.5 Å². The third-order valence-electron chi connectivity index (χ3n) is 5.59. The molecule has 0 amide bonds. The minimum Gasteiger partial charge on any atom is -0.755 e. The summed E-state index contributed by atoms with van der Waals surface area (Å²) in [4.78, 5) is 15.5. The van der Waals surface area contributed by atoms with Gasteiger partial charge in [0.05, 0.1) is 28.6 Å². The van der Waals surface area contributed by atoms with Crippen molar-refractivity contribution in [2.24, 2.45) is 0 Å². The number of pyridine rings is 1. The van der Waals surface area contributed by atoms with E-state index in [4.69, 9.17) is 9.84 Å². The summed E-state index contributed by atoms with van der Waals surface area (Å²) in [7, 11) is 0. The molecule has 1 N–H and O–H groups in total. The molecule has 2 atom stereocenters. The second-order valence-electron chi connectivity index (χ2n) is 7.55. The van der Waals surface area contributed by atoms with Crippen molar-refractivity contribution >= 4 is 38.9 Å². The Kier molecular flexibility index (Phi) is 6.40. The minimum atomic E-state index is -2.55. The maximum atomic E-state index is 12.2. The van der Waals surface area contributed by atoms with Crippen molar-refractivity contribution in [2.75, 3.05) is 4.31 Å². The van der Waals surface area contributed by atoms with Gasteiger partial charge in [0.1, 0.15) is 12.6 Å². The van der Waals surface area contributed by atoms with Gasteiger partial charge in [-0.05, 0) is 66.9 Å². The highest BCUT2D eigenvalue weighted by atomic mass is 79.9. The van der Waals surface area contributed by atoms with E-state index in [9.17, 15) is 13.6 Å². The molecule has 0 aliphatic heterocycles. The van der Waals surface area contributed by atoms with Crippen molar-refractivity contribution in [2.45, 2.75) is 63.6 Å². The van der Waals surface area contributed by atoms with Crippen molar-refractivity contribution in [3.63, 3.8) is 0 Å². The molecule has 1 saturated carbocycles. The average molecular weight is 498 g/mol. The zero-order valence-corrected chi connectivity index (χ0v) is 18.6. The van der Waals surface area contributed by atoms with E-state index in [2.05, 4.69) is 26.0 Å². The molecule has 0 radical (unpaired) electrons. The molecule has 1 fully saturated rings. The van der Waals surface area contributed by atoms with E-state index in [1.807, 2.05) is 0 Å². The van der Waals surface area contributed by atoms with Crippen LogP contribution in [0.15, 0.2) is 22.9 Å². The highest BCUT2D eigenvalue weighted by molar-refractivity contribution is 9.10. The molecule has 0 saturated heterocycles. The summed E-state index contributed by atoms with van der Waals surface area (Å²) in [5.74, 6) is -0.529. The lowest BCUT2D eigenvalue weighted by molar-refractivity contribution is -0.137. The van der Waals surface area contributed by atoms with Gasteiger partial charge in [-0.2, -0.15) is 5.10 Å². The SMILES string of the molecule is O=C(O)Cn1ncc2c1CCCC2N(c1cnc(OC2CCCC2)c(Br)c1)S(=O)[O-]. The first-order valence-corrected chi connectivity index (χ1v) is 11.7. The average Bonchev–Trinajstić information content (AvgIpc) is 3.34. The van der Waals surface area contributed by atoms with Gasteiger partial charge in [-0.25, -0.2) is 4.98 Å². The smallest absolute Gasteiger partial charge is 0.325 e. The lowest BCUT2D eigenvalue weighted by Crippen LogP contribution is -2.33. The number of carbonyl (C=O) groups is 1. The lowest BCUT2D eigenvalue weighted by atomic mass is 9.92. The summed E-state index contributed by atoms with van der Waals surface area (Å²) >= 11 is 0.911. The monoisotopic (exact) mass is 497 g/mol. The Balaban J connectivity index is 1.62. The molecule has 2 aliphatic rings. The Bertz CT molecular complexity index is 962. The van der Waals surface area contributed by atoms with E-state index in [0.29, 0.717) is 28.9 Å². The third-order valence-corrected chi connectivity index (χ3v) is 6.94. The van der Waals surface area contributed by atoms with E-state index in [-0.39, 0.29) is 12.6 Å². The van der Waals surface area contributed by atoms with Crippen LogP contribution in [0.3, 0.4) is 0 Å². The van der Waals surface area contributed by atoms with Crippen LogP contribution in [0.2, 0.25) is 0 Å². The quantitative estimate of drug-likeness (QED) is 0.583. The second-order valence-corrected chi connectivity index (χ2v) is 9.24. The number of aromatic nitrogens is 3. The molecule has 2 unspecified atom stereocenters. The van der Waals surface area contributed by atoms with Crippen LogP contribution in [0.25, 0.3) is 0 Å². The minimum absolute atomic E-state index is 0.144. The fourth-order valence-electron chi connectivity index (χ4n) is 4.26. The van der Waals surface area contributed by atoms with Crippen LogP contribution in [0.4, 0.5) is 5.69 Å². The zero-order chi connectivity index (χ0) is 21.3. The highest BCUT2D eigenvalue weighted by Crippen LogP contribution is 2.39. The second kappa shape index (κ2) is 9.03. The molecule has 0 bridgehead atoms. The molecule has 2 aliphatic carbocycles. The molecule has 9 nitrogen and oxygen atoms in total.